The van der Waals surface area contributed by atoms with Crippen molar-refractivity contribution in [3.8, 4) is 11.3 Å². The zero-order valence-corrected chi connectivity index (χ0v) is 11.1. The first-order valence-corrected chi connectivity index (χ1v) is 6.93. The van der Waals surface area contributed by atoms with Crippen molar-refractivity contribution in [3.63, 3.8) is 0 Å². The van der Waals surface area contributed by atoms with Crippen LogP contribution < -0.4 is 5.73 Å². The van der Waals surface area contributed by atoms with Gasteiger partial charge in [-0.05, 0) is 38.3 Å². The summed E-state index contributed by atoms with van der Waals surface area (Å²) in [6.07, 6.45) is 3.12. The van der Waals surface area contributed by atoms with Crippen LogP contribution in [-0.4, -0.2) is 4.98 Å². The second-order valence-electron chi connectivity index (χ2n) is 4.91. The largest absolute Gasteiger partial charge is 0.319 e. The van der Waals surface area contributed by atoms with E-state index in [-0.39, 0.29) is 11.4 Å². The molecule has 1 aromatic carbocycles. The van der Waals surface area contributed by atoms with Gasteiger partial charge in [0, 0.05) is 10.4 Å². The molecule has 0 unspecified atom stereocenters. The topological polar surface area (TPSA) is 38.9 Å². The van der Waals surface area contributed by atoms with Crippen molar-refractivity contribution in [3.05, 3.63) is 40.0 Å². The fourth-order valence-corrected chi connectivity index (χ4v) is 3.37. The molecular weight excluding hydrogens is 247 g/mol. The molecule has 2 N–H and O–H groups in total. The van der Waals surface area contributed by atoms with Gasteiger partial charge in [0.1, 0.15) is 10.8 Å². The summed E-state index contributed by atoms with van der Waals surface area (Å²) in [5, 5.41) is 0.949. The summed E-state index contributed by atoms with van der Waals surface area (Å²) in [5.74, 6) is -0.225. The zero-order chi connectivity index (χ0) is 12.8. The highest BCUT2D eigenvalue weighted by Gasteiger charge is 2.37. The van der Waals surface area contributed by atoms with Crippen LogP contribution in [0.5, 0.6) is 0 Å². The van der Waals surface area contributed by atoms with Crippen LogP contribution in [0.1, 0.15) is 29.1 Å². The minimum atomic E-state index is -0.265. The Kier molecular flexibility index (Phi) is 2.72. The Morgan fingerprint density at radius 3 is 2.67 bits per heavy atom. The lowest BCUT2D eigenvalue weighted by atomic mass is 9.78. The third kappa shape index (κ3) is 1.76. The van der Waals surface area contributed by atoms with Crippen LogP contribution in [0.2, 0.25) is 0 Å². The van der Waals surface area contributed by atoms with E-state index in [2.05, 4.69) is 4.98 Å². The minimum absolute atomic E-state index is 0.225. The van der Waals surface area contributed by atoms with E-state index in [1.54, 1.807) is 23.5 Å². The molecule has 2 nitrogen and oxygen atoms in total. The first kappa shape index (κ1) is 11.8. The van der Waals surface area contributed by atoms with Gasteiger partial charge in [-0.2, -0.15) is 0 Å². The van der Waals surface area contributed by atoms with E-state index < -0.39 is 0 Å². The highest BCUT2D eigenvalue weighted by atomic mass is 32.1. The fourth-order valence-electron chi connectivity index (χ4n) is 2.28. The van der Waals surface area contributed by atoms with Gasteiger partial charge in [-0.25, -0.2) is 9.37 Å². The number of hydrogen-bond acceptors (Lipinski definition) is 3. The van der Waals surface area contributed by atoms with E-state index in [1.807, 2.05) is 13.0 Å². The van der Waals surface area contributed by atoms with E-state index in [0.717, 1.165) is 34.8 Å². The molecule has 1 aromatic heterocycles. The molecule has 0 bridgehead atoms. The number of aryl methyl sites for hydroxylation is 1. The summed E-state index contributed by atoms with van der Waals surface area (Å²) < 4.78 is 13.8. The molecule has 1 aliphatic carbocycles. The van der Waals surface area contributed by atoms with Crippen LogP contribution in [0.25, 0.3) is 11.3 Å². The van der Waals surface area contributed by atoms with Gasteiger partial charge in [0.15, 0.2) is 0 Å². The van der Waals surface area contributed by atoms with E-state index >= 15 is 0 Å². The first-order valence-electron chi connectivity index (χ1n) is 6.12. The molecule has 1 saturated carbocycles. The second kappa shape index (κ2) is 4.14. The number of thiazole rings is 1. The number of benzene rings is 1. The van der Waals surface area contributed by atoms with Crippen molar-refractivity contribution >= 4 is 11.3 Å². The maximum Gasteiger partial charge on any atom is 0.132 e. The van der Waals surface area contributed by atoms with Gasteiger partial charge in [0.05, 0.1) is 11.2 Å². The smallest absolute Gasteiger partial charge is 0.132 e. The number of nitrogens with zero attached hydrogens (tertiary/aromatic N) is 1. The second-order valence-corrected chi connectivity index (χ2v) is 6.12. The maximum absolute atomic E-state index is 13.8. The molecule has 1 heterocycles. The standard InChI is InChI=1S/C14H15FN2S/c1-9-12(10-5-2-3-6-11(10)15)17-13(18-9)14(16)7-4-8-14/h2-3,5-6H,4,7-8,16H2,1H3. The third-order valence-corrected chi connectivity index (χ3v) is 4.79. The van der Waals surface area contributed by atoms with Crippen LogP contribution in [0.15, 0.2) is 24.3 Å². The molecule has 18 heavy (non-hydrogen) atoms. The predicted molar refractivity (Wildman–Crippen MR) is 72.0 cm³/mol. The number of halogens is 1. The molecule has 4 heteroatoms. The predicted octanol–water partition coefficient (Wildman–Crippen LogP) is 3.60. The lowest BCUT2D eigenvalue weighted by Gasteiger charge is -2.35. The van der Waals surface area contributed by atoms with Crippen LogP contribution >= 0.6 is 11.3 Å². The average Bonchev–Trinajstić information content (AvgIpc) is 2.69. The Hall–Kier alpha value is -1.26. The Morgan fingerprint density at radius 1 is 1.33 bits per heavy atom. The molecule has 0 amide bonds. The molecule has 0 atom stereocenters. The highest BCUT2D eigenvalue weighted by Crippen LogP contribution is 2.42. The molecule has 0 aliphatic heterocycles. The summed E-state index contributed by atoms with van der Waals surface area (Å²) in [6, 6.07) is 6.76. The average molecular weight is 262 g/mol. The molecule has 0 spiro atoms. The number of hydrogen-bond donors (Lipinski definition) is 1. The van der Waals surface area contributed by atoms with Gasteiger partial charge >= 0.3 is 0 Å². The summed E-state index contributed by atoms with van der Waals surface area (Å²) in [5.41, 5.74) is 7.32. The quantitative estimate of drug-likeness (QED) is 0.898. The minimum Gasteiger partial charge on any atom is -0.319 e. The number of aromatic nitrogens is 1. The Morgan fingerprint density at radius 2 is 2.06 bits per heavy atom. The number of rotatable bonds is 2. The van der Waals surface area contributed by atoms with Gasteiger partial charge in [0.2, 0.25) is 0 Å². The van der Waals surface area contributed by atoms with Crippen molar-refractivity contribution in [1.82, 2.24) is 4.98 Å². The van der Waals surface area contributed by atoms with E-state index in [9.17, 15) is 4.39 Å². The molecule has 0 saturated heterocycles. The Labute approximate surface area is 110 Å². The van der Waals surface area contributed by atoms with Crippen LogP contribution in [0, 0.1) is 12.7 Å². The van der Waals surface area contributed by atoms with Gasteiger partial charge in [-0.3, -0.25) is 0 Å². The third-order valence-electron chi connectivity index (χ3n) is 3.60. The summed E-state index contributed by atoms with van der Waals surface area (Å²) >= 11 is 1.60. The fraction of sp³-hybridized carbons (Fsp3) is 0.357. The van der Waals surface area contributed by atoms with E-state index in [0.29, 0.717) is 5.56 Å². The highest BCUT2D eigenvalue weighted by molar-refractivity contribution is 7.12. The maximum atomic E-state index is 13.8. The van der Waals surface area contributed by atoms with E-state index in [1.165, 1.54) is 6.07 Å². The van der Waals surface area contributed by atoms with Crippen molar-refractivity contribution in [2.45, 2.75) is 31.7 Å². The zero-order valence-electron chi connectivity index (χ0n) is 10.2. The lowest BCUT2D eigenvalue weighted by Crippen LogP contribution is -2.43. The van der Waals surface area contributed by atoms with Gasteiger partial charge in [-0.15, -0.1) is 11.3 Å². The molecule has 94 valence electrons. The van der Waals surface area contributed by atoms with Crippen molar-refractivity contribution in [2.24, 2.45) is 5.73 Å². The number of nitrogens with two attached hydrogens (primary N) is 1. The van der Waals surface area contributed by atoms with Crippen molar-refractivity contribution < 1.29 is 4.39 Å². The monoisotopic (exact) mass is 262 g/mol. The van der Waals surface area contributed by atoms with E-state index in [4.69, 9.17) is 5.73 Å². The lowest BCUT2D eigenvalue weighted by molar-refractivity contribution is 0.253. The first-order chi connectivity index (χ1) is 8.60. The summed E-state index contributed by atoms with van der Waals surface area (Å²) in [4.78, 5) is 5.62. The van der Waals surface area contributed by atoms with Crippen molar-refractivity contribution in [2.75, 3.05) is 0 Å². The van der Waals surface area contributed by atoms with Crippen LogP contribution in [-0.2, 0) is 5.54 Å². The summed E-state index contributed by atoms with van der Waals surface area (Å²) in [6.45, 7) is 1.98. The molecule has 1 fully saturated rings. The molecular formula is C14H15FN2S. The molecule has 3 rings (SSSR count). The van der Waals surface area contributed by atoms with Crippen molar-refractivity contribution in [1.29, 1.82) is 0 Å². The Bertz CT molecular complexity index is 587. The Balaban J connectivity index is 2.06. The van der Waals surface area contributed by atoms with Crippen LogP contribution in [0.3, 0.4) is 0 Å². The van der Waals surface area contributed by atoms with Gasteiger partial charge in [0.25, 0.3) is 0 Å². The van der Waals surface area contributed by atoms with Gasteiger partial charge in [-0.1, -0.05) is 12.1 Å². The summed E-state index contributed by atoms with van der Waals surface area (Å²) in [7, 11) is 0. The molecule has 2 aromatic rings. The van der Waals surface area contributed by atoms with Gasteiger partial charge < -0.3 is 5.73 Å². The SMILES string of the molecule is Cc1sc(C2(N)CCC2)nc1-c1ccccc1F. The van der Waals surface area contributed by atoms with Crippen LogP contribution in [0.4, 0.5) is 4.39 Å². The molecule has 0 radical (unpaired) electrons. The molecule has 1 aliphatic rings. The normalized spacial score (nSPS) is 17.5.